The van der Waals surface area contributed by atoms with Crippen molar-refractivity contribution in [2.75, 3.05) is 18.4 Å². The monoisotopic (exact) mass is 456 g/mol. The van der Waals surface area contributed by atoms with Crippen LogP contribution >= 0.6 is 11.3 Å². The zero-order chi connectivity index (χ0) is 22.9. The molecule has 0 radical (unpaired) electrons. The van der Waals surface area contributed by atoms with Crippen molar-refractivity contribution in [2.45, 2.75) is 26.4 Å². The van der Waals surface area contributed by atoms with Crippen molar-refractivity contribution in [3.8, 4) is 5.75 Å². The molecule has 3 N–H and O–H groups in total. The number of halogens is 1. The van der Waals surface area contributed by atoms with E-state index in [0.29, 0.717) is 16.6 Å². The van der Waals surface area contributed by atoms with Gasteiger partial charge in [-0.25, -0.2) is 14.2 Å². The fourth-order valence-electron chi connectivity index (χ4n) is 2.75. The number of hydrogen-bond acceptors (Lipinski definition) is 5. The third kappa shape index (κ3) is 6.78. The van der Waals surface area contributed by atoms with Gasteiger partial charge in [-0.05, 0) is 35.7 Å². The number of benzene rings is 2. The van der Waals surface area contributed by atoms with E-state index in [-0.39, 0.29) is 43.1 Å². The first-order valence-electron chi connectivity index (χ1n) is 10.2. The molecule has 1 heterocycles. The Morgan fingerprint density at radius 1 is 1.06 bits per heavy atom. The third-order valence-electron chi connectivity index (χ3n) is 4.50. The lowest BCUT2D eigenvalue weighted by atomic mass is 10.0. The molecule has 0 bridgehead atoms. The van der Waals surface area contributed by atoms with E-state index in [9.17, 15) is 14.0 Å². The summed E-state index contributed by atoms with van der Waals surface area (Å²) < 4.78 is 19.0. The van der Waals surface area contributed by atoms with Crippen LogP contribution in [0.2, 0.25) is 0 Å². The summed E-state index contributed by atoms with van der Waals surface area (Å²) in [5.41, 5.74) is 2.14. The third-order valence-corrected chi connectivity index (χ3v) is 5.33. The lowest BCUT2D eigenvalue weighted by Crippen LogP contribution is -2.36. The van der Waals surface area contributed by atoms with Gasteiger partial charge >= 0.3 is 6.03 Å². The highest BCUT2D eigenvalue weighted by atomic mass is 32.1. The first kappa shape index (κ1) is 23.2. The van der Waals surface area contributed by atoms with Crippen LogP contribution in [0.1, 0.15) is 40.8 Å². The van der Waals surface area contributed by atoms with Gasteiger partial charge in [0.2, 0.25) is 0 Å². The largest absolute Gasteiger partial charge is 0.483 e. The van der Waals surface area contributed by atoms with Crippen LogP contribution in [0.15, 0.2) is 53.9 Å². The van der Waals surface area contributed by atoms with Crippen molar-refractivity contribution in [3.63, 3.8) is 0 Å². The first-order valence-corrected chi connectivity index (χ1v) is 11.0. The number of amides is 3. The average Bonchev–Trinajstić information content (AvgIpc) is 3.25. The maximum atomic E-state index is 13.6. The molecular weight excluding hydrogens is 431 g/mol. The molecule has 32 heavy (non-hydrogen) atoms. The Labute approximate surface area is 190 Å². The van der Waals surface area contributed by atoms with Gasteiger partial charge in [0.1, 0.15) is 17.3 Å². The van der Waals surface area contributed by atoms with Crippen molar-refractivity contribution >= 4 is 29.0 Å². The number of carbonyl (C=O) groups is 2. The number of anilines is 1. The molecule has 0 fully saturated rings. The van der Waals surface area contributed by atoms with Crippen LogP contribution in [-0.2, 0) is 6.61 Å². The SMILES string of the molecule is CC(C)c1ccc(NC(=O)NCCNC(=O)c2csc(COc3ccccc3F)n2)cc1. The maximum absolute atomic E-state index is 13.6. The Bertz CT molecular complexity index is 1050. The van der Waals surface area contributed by atoms with E-state index in [1.165, 1.54) is 29.0 Å². The summed E-state index contributed by atoms with van der Waals surface area (Å²) in [4.78, 5) is 28.4. The highest BCUT2D eigenvalue weighted by Gasteiger charge is 2.12. The molecule has 3 amide bonds. The predicted molar refractivity (Wildman–Crippen MR) is 123 cm³/mol. The number of rotatable bonds is 9. The second-order valence-electron chi connectivity index (χ2n) is 7.26. The zero-order valence-electron chi connectivity index (χ0n) is 17.9. The molecule has 168 valence electrons. The number of hydrogen-bond donors (Lipinski definition) is 3. The van der Waals surface area contributed by atoms with Gasteiger partial charge in [-0.15, -0.1) is 11.3 Å². The number of urea groups is 1. The van der Waals surface area contributed by atoms with Crippen molar-refractivity contribution in [2.24, 2.45) is 0 Å². The van der Waals surface area contributed by atoms with Gasteiger partial charge in [-0.2, -0.15) is 0 Å². The topological polar surface area (TPSA) is 92.4 Å². The number of nitrogens with one attached hydrogen (secondary N) is 3. The molecular formula is C23H25FN4O3S. The van der Waals surface area contributed by atoms with Crippen LogP contribution in [-0.4, -0.2) is 30.0 Å². The molecule has 0 aliphatic rings. The molecule has 0 spiro atoms. The standard InChI is InChI=1S/C23H25FN4O3S/c1-15(2)16-7-9-17(10-8-16)27-23(30)26-12-11-25-22(29)19-14-32-21(28-19)13-31-20-6-4-3-5-18(20)24/h3-10,14-15H,11-13H2,1-2H3,(H,25,29)(H2,26,27,30). The molecule has 3 rings (SSSR count). The average molecular weight is 457 g/mol. The minimum absolute atomic E-state index is 0.0682. The number of nitrogens with zero attached hydrogens (tertiary/aromatic N) is 1. The summed E-state index contributed by atoms with van der Waals surface area (Å²) in [6.45, 7) is 4.79. The molecule has 0 saturated carbocycles. The van der Waals surface area contributed by atoms with Gasteiger partial charge in [0.05, 0.1) is 0 Å². The van der Waals surface area contributed by atoms with Crippen LogP contribution in [0.25, 0.3) is 0 Å². The van der Waals surface area contributed by atoms with Gasteiger partial charge < -0.3 is 20.7 Å². The summed E-state index contributed by atoms with van der Waals surface area (Å²) in [6, 6.07) is 13.4. The molecule has 0 atom stereocenters. The van der Waals surface area contributed by atoms with Gasteiger partial charge in [-0.1, -0.05) is 38.1 Å². The van der Waals surface area contributed by atoms with Crippen LogP contribution in [0.3, 0.4) is 0 Å². The first-order chi connectivity index (χ1) is 15.4. The van der Waals surface area contributed by atoms with Crippen LogP contribution in [0.5, 0.6) is 5.75 Å². The van der Waals surface area contributed by atoms with E-state index >= 15 is 0 Å². The second kappa shape index (κ2) is 11.2. The van der Waals surface area contributed by atoms with E-state index < -0.39 is 5.82 Å². The zero-order valence-corrected chi connectivity index (χ0v) is 18.7. The Morgan fingerprint density at radius 3 is 2.50 bits per heavy atom. The van der Waals surface area contributed by atoms with Crippen molar-refractivity contribution < 1.29 is 18.7 Å². The molecule has 0 aliphatic heterocycles. The van der Waals surface area contributed by atoms with Crippen molar-refractivity contribution in [3.05, 3.63) is 76.0 Å². The van der Waals surface area contributed by atoms with E-state index in [4.69, 9.17) is 4.74 Å². The molecule has 9 heteroatoms. The Kier molecular flexibility index (Phi) is 8.15. The van der Waals surface area contributed by atoms with Gasteiger partial charge in [-0.3, -0.25) is 4.79 Å². The van der Waals surface area contributed by atoms with Crippen molar-refractivity contribution in [1.82, 2.24) is 15.6 Å². The Hall–Kier alpha value is -3.46. The summed E-state index contributed by atoms with van der Waals surface area (Å²) in [5, 5.41) is 10.3. The van der Waals surface area contributed by atoms with E-state index in [1.807, 2.05) is 24.3 Å². The molecule has 7 nitrogen and oxygen atoms in total. The van der Waals surface area contributed by atoms with Crippen LogP contribution < -0.4 is 20.7 Å². The summed E-state index contributed by atoms with van der Waals surface area (Å²) in [6.07, 6.45) is 0. The second-order valence-corrected chi connectivity index (χ2v) is 8.20. The minimum atomic E-state index is -0.453. The summed E-state index contributed by atoms with van der Waals surface area (Å²) in [5.74, 6) is -0.250. The highest BCUT2D eigenvalue weighted by molar-refractivity contribution is 7.09. The van der Waals surface area contributed by atoms with Crippen LogP contribution in [0, 0.1) is 5.82 Å². The number of carbonyl (C=O) groups excluding carboxylic acids is 2. The molecule has 2 aromatic carbocycles. The molecule has 0 unspecified atom stereocenters. The molecule has 1 aromatic heterocycles. The smallest absolute Gasteiger partial charge is 0.319 e. The van der Waals surface area contributed by atoms with E-state index in [2.05, 4.69) is 34.8 Å². The predicted octanol–water partition coefficient (Wildman–Crippen LogP) is 4.54. The molecule has 0 saturated heterocycles. The fourth-order valence-corrected chi connectivity index (χ4v) is 3.44. The Balaban J connectivity index is 1.36. The summed E-state index contributed by atoms with van der Waals surface area (Å²) >= 11 is 1.25. The van der Waals surface area contributed by atoms with Crippen LogP contribution in [0.4, 0.5) is 14.9 Å². The van der Waals surface area contributed by atoms with E-state index in [1.54, 1.807) is 17.5 Å². The molecule has 3 aromatic rings. The van der Waals surface area contributed by atoms with Gasteiger partial charge in [0, 0.05) is 24.2 Å². The molecule has 0 aliphatic carbocycles. The highest BCUT2D eigenvalue weighted by Crippen LogP contribution is 2.19. The number of ether oxygens (including phenoxy) is 1. The number of para-hydroxylation sites is 1. The maximum Gasteiger partial charge on any atom is 0.319 e. The van der Waals surface area contributed by atoms with Crippen molar-refractivity contribution in [1.29, 1.82) is 0 Å². The minimum Gasteiger partial charge on any atom is -0.483 e. The van der Waals surface area contributed by atoms with Gasteiger partial charge in [0.25, 0.3) is 5.91 Å². The fraction of sp³-hybridized carbons (Fsp3) is 0.261. The summed E-state index contributed by atoms with van der Waals surface area (Å²) in [7, 11) is 0. The number of aromatic nitrogens is 1. The number of thiazole rings is 1. The quantitative estimate of drug-likeness (QED) is 0.412. The Morgan fingerprint density at radius 2 is 1.78 bits per heavy atom. The van der Waals surface area contributed by atoms with Gasteiger partial charge in [0.15, 0.2) is 11.6 Å². The van der Waals surface area contributed by atoms with E-state index in [0.717, 1.165) is 0 Å². The normalized spacial score (nSPS) is 10.6. The lowest BCUT2D eigenvalue weighted by molar-refractivity contribution is 0.0949. The lowest BCUT2D eigenvalue weighted by Gasteiger charge is -2.10.